The van der Waals surface area contributed by atoms with Crippen LogP contribution in [0.15, 0.2) is 0 Å². The Bertz CT molecular complexity index is 248. The van der Waals surface area contributed by atoms with Crippen molar-refractivity contribution in [3.8, 4) is 0 Å². The molecular formula is C18H36N2. The highest BCUT2D eigenvalue weighted by atomic mass is 15.1. The van der Waals surface area contributed by atoms with E-state index < -0.39 is 0 Å². The molecule has 118 valence electrons. The van der Waals surface area contributed by atoms with Gasteiger partial charge in [0.25, 0.3) is 0 Å². The predicted molar refractivity (Wildman–Crippen MR) is 88.1 cm³/mol. The zero-order valence-electron chi connectivity index (χ0n) is 13.9. The standard InChI is InChI=1S/C18H36N2/c1-3-12-19-18(17-9-5-4-6-10-17)15-20-13-7-8-16(2)11-14-20/h16-19H,3-15H2,1-2H3. The summed E-state index contributed by atoms with van der Waals surface area (Å²) in [6.07, 6.45) is 12.8. The van der Waals surface area contributed by atoms with Crippen molar-refractivity contribution in [1.29, 1.82) is 0 Å². The maximum absolute atomic E-state index is 3.88. The molecule has 1 heterocycles. The van der Waals surface area contributed by atoms with Crippen LogP contribution in [0, 0.1) is 11.8 Å². The first kappa shape index (κ1) is 16.3. The van der Waals surface area contributed by atoms with Crippen molar-refractivity contribution in [2.75, 3.05) is 26.2 Å². The van der Waals surface area contributed by atoms with Gasteiger partial charge in [0.05, 0.1) is 0 Å². The SMILES string of the molecule is CCCNC(CN1CCCC(C)CC1)C1CCCCC1. The van der Waals surface area contributed by atoms with Gasteiger partial charge in [0.2, 0.25) is 0 Å². The topological polar surface area (TPSA) is 15.3 Å². The molecule has 0 amide bonds. The highest BCUT2D eigenvalue weighted by Gasteiger charge is 2.25. The quantitative estimate of drug-likeness (QED) is 0.789. The molecule has 0 aromatic heterocycles. The van der Waals surface area contributed by atoms with Crippen LogP contribution >= 0.6 is 0 Å². The van der Waals surface area contributed by atoms with Gasteiger partial charge in [-0.15, -0.1) is 0 Å². The van der Waals surface area contributed by atoms with Crippen molar-refractivity contribution >= 4 is 0 Å². The van der Waals surface area contributed by atoms with E-state index in [1.165, 1.54) is 84.0 Å². The lowest BCUT2D eigenvalue weighted by molar-refractivity contribution is 0.186. The molecule has 2 heteroatoms. The van der Waals surface area contributed by atoms with E-state index in [4.69, 9.17) is 0 Å². The number of hydrogen-bond donors (Lipinski definition) is 1. The van der Waals surface area contributed by atoms with E-state index in [-0.39, 0.29) is 0 Å². The van der Waals surface area contributed by atoms with E-state index in [1.807, 2.05) is 0 Å². The van der Waals surface area contributed by atoms with E-state index in [0.717, 1.165) is 17.9 Å². The zero-order valence-corrected chi connectivity index (χ0v) is 13.9. The summed E-state index contributed by atoms with van der Waals surface area (Å²) in [7, 11) is 0. The van der Waals surface area contributed by atoms with Gasteiger partial charge in [-0.25, -0.2) is 0 Å². The molecule has 0 bridgehead atoms. The summed E-state index contributed by atoms with van der Waals surface area (Å²) in [4.78, 5) is 2.76. The highest BCUT2D eigenvalue weighted by Crippen LogP contribution is 2.27. The Morgan fingerprint density at radius 1 is 1.00 bits per heavy atom. The number of nitrogens with one attached hydrogen (secondary N) is 1. The Morgan fingerprint density at radius 3 is 2.55 bits per heavy atom. The fraction of sp³-hybridized carbons (Fsp3) is 1.00. The van der Waals surface area contributed by atoms with Crippen LogP contribution in [0.5, 0.6) is 0 Å². The van der Waals surface area contributed by atoms with Crippen molar-refractivity contribution in [3.63, 3.8) is 0 Å². The average molecular weight is 280 g/mol. The fourth-order valence-electron chi connectivity index (χ4n) is 4.03. The van der Waals surface area contributed by atoms with Gasteiger partial charge in [-0.1, -0.05) is 33.1 Å². The molecule has 1 saturated heterocycles. The van der Waals surface area contributed by atoms with Gasteiger partial charge in [-0.3, -0.25) is 0 Å². The Hall–Kier alpha value is -0.0800. The Labute approximate surface area is 126 Å². The van der Waals surface area contributed by atoms with Crippen LogP contribution in [0.1, 0.15) is 71.6 Å². The predicted octanol–water partition coefficient (Wildman–Crippen LogP) is 4.06. The Kier molecular flexibility index (Phi) is 7.37. The minimum Gasteiger partial charge on any atom is -0.312 e. The smallest absolute Gasteiger partial charge is 0.0223 e. The lowest BCUT2D eigenvalue weighted by Gasteiger charge is -2.35. The number of nitrogens with zero attached hydrogens (tertiary/aromatic N) is 1. The summed E-state index contributed by atoms with van der Waals surface area (Å²) in [5.41, 5.74) is 0. The van der Waals surface area contributed by atoms with Crippen LogP contribution in [0.2, 0.25) is 0 Å². The molecule has 1 aliphatic heterocycles. The second-order valence-corrected chi connectivity index (χ2v) is 7.30. The van der Waals surface area contributed by atoms with E-state index in [9.17, 15) is 0 Å². The van der Waals surface area contributed by atoms with Crippen molar-refractivity contribution in [3.05, 3.63) is 0 Å². The first-order chi connectivity index (χ1) is 9.79. The third-order valence-corrected chi connectivity index (χ3v) is 5.44. The van der Waals surface area contributed by atoms with Gasteiger partial charge in [-0.05, 0) is 70.0 Å². The van der Waals surface area contributed by atoms with Crippen molar-refractivity contribution < 1.29 is 0 Å². The molecule has 2 nitrogen and oxygen atoms in total. The Balaban J connectivity index is 1.84. The van der Waals surface area contributed by atoms with Crippen molar-refractivity contribution in [2.45, 2.75) is 77.7 Å². The van der Waals surface area contributed by atoms with Gasteiger partial charge >= 0.3 is 0 Å². The molecule has 1 N–H and O–H groups in total. The lowest BCUT2D eigenvalue weighted by atomic mass is 9.83. The van der Waals surface area contributed by atoms with Crippen LogP contribution in [0.25, 0.3) is 0 Å². The molecular weight excluding hydrogens is 244 g/mol. The van der Waals surface area contributed by atoms with Gasteiger partial charge < -0.3 is 10.2 Å². The van der Waals surface area contributed by atoms with Gasteiger partial charge in [-0.2, -0.15) is 0 Å². The zero-order chi connectivity index (χ0) is 14.2. The summed E-state index contributed by atoms with van der Waals surface area (Å²) in [6, 6.07) is 0.753. The fourth-order valence-corrected chi connectivity index (χ4v) is 4.03. The van der Waals surface area contributed by atoms with Gasteiger partial charge in [0.15, 0.2) is 0 Å². The monoisotopic (exact) mass is 280 g/mol. The van der Waals surface area contributed by atoms with Crippen LogP contribution in [0.3, 0.4) is 0 Å². The molecule has 20 heavy (non-hydrogen) atoms. The summed E-state index contributed by atoms with van der Waals surface area (Å²) in [5, 5.41) is 3.88. The second kappa shape index (κ2) is 9.04. The highest BCUT2D eigenvalue weighted by molar-refractivity contribution is 4.83. The first-order valence-corrected chi connectivity index (χ1v) is 9.25. The molecule has 1 aliphatic carbocycles. The Morgan fingerprint density at radius 2 is 1.80 bits per heavy atom. The van der Waals surface area contributed by atoms with E-state index in [1.54, 1.807) is 0 Å². The van der Waals surface area contributed by atoms with E-state index in [2.05, 4.69) is 24.1 Å². The van der Waals surface area contributed by atoms with Crippen LogP contribution in [-0.2, 0) is 0 Å². The number of likely N-dealkylation sites (tertiary alicyclic amines) is 1. The van der Waals surface area contributed by atoms with E-state index in [0.29, 0.717) is 0 Å². The van der Waals surface area contributed by atoms with E-state index >= 15 is 0 Å². The summed E-state index contributed by atoms with van der Waals surface area (Å²) < 4.78 is 0. The number of hydrogen-bond acceptors (Lipinski definition) is 2. The maximum Gasteiger partial charge on any atom is 0.0223 e. The molecule has 0 radical (unpaired) electrons. The molecule has 0 spiro atoms. The van der Waals surface area contributed by atoms with Gasteiger partial charge in [0.1, 0.15) is 0 Å². The van der Waals surface area contributed by atoms with Crippen molar-refractivity contribution in [1.82, 2.24) is 10.2 Å². The molecule has 2 fully saturated rings. The molecule has 0 aromatic rings. The third kappa shape index (κ3) is 5.37. The normalized spacial score (nSPS) is 28.2. The molecule has 2 unspecified atom stereocenters. The third-order valence-electron chi connectivity index (χ3n) is 5.44. The molecule has 2 rings (SSSR count). The molecule has 1 saturated carbocycles. The minimum absolute atomic E-state index is 0.753. The van der Waals surface area contributed by atoms with Gasteiger partial charge in [0, 0.05) is 12.6 Å². The maximum atomic E-state index is 3.88. The van der Waals surface area contributed by atoms with Crippen LogP contribution < -0.4 is 5.32 Å². The molecule has 2 atom stereocenters. The molecule has 2 aliphatic rings. The van der Waals surface area contributed by atoms with Crippen LogP contribution in [0.4, 0.5) is 0 Å². The van der Waals surface area contributed by atoms with Crippen molar-refractivity contribution in [2.24, 2.45) is 11.8 Å². The summed E-state index contributed by atoms with van der Waals surface area (Å²) in [5.74, 6) is 1.88. The minimum atomic E-state index is 0.753. The van der Waals surface area contributed by atoms with Crippen LogP contribution in [-0.4, -0.2) is 37.1 Å². The molecule has 0 aromatic carbocycles. The lowest BCUT2D eigenvalue weighted by Crippen LogP contribution is -2.46. The summed E-state index contributed by atoms with van der Waals surface area (Å²) in [6.45, 7) is 9.89. The number of rotatable bonds is 6. The largest absolute Gasteiger partial charge is 0.312 e. The summed E-state index contributed by atoms with van der Waals surface area (Å²) >= 11 is 0. The first-order valence-electron chi connectivity index (χ1n) is 9.25. The average Bonchev–Trinajstić information content (AvgIpc) is 2.69. The second-order valence-electron chi connectivity index (χ2n) is 7.30.